The zero-order valence-corrected chi connectivity index (χ0v) is 9.80. The summed E-state index contributed by atoms with van der Waals surface area (Å²) >= 11 is 0. The van der Waals surface area contributed by atoms with Crippen LogP contribution in [0.25, 0.3) is 0 Å². The fourth-order valence-electron chi connectivity index (χ4n) is 3.20. The molecule has 0 bridgehead atoms. The Balaban J connectivity index is 2.00. The van der Waals surface area contributed by atoms with Crippen LogP contribution >= 0.6 is 0 Å². The molecule has 2 atom stereocenters. The van der Waals surface area contributed by atoms with Crippen molar-refractivity contribution in [3.05, 3.63) is 35.9 Å². The standard InChI is InChI=1S/C14H17NO2/c16-13-10-14(17,11-6-2-1-3-7-11)12-8-4-5-9-15(12)13/h1-3,6-7,12,17H,4-5,8-10H2/t12-,14-/m0/s1. The predicted molar refractivity (Wildman–Crippen MR) is 64.3 cm³/mol. The Hall–Kier alpha value is -1.35. The fraction of sp³-hybridized carbons (Fsp3) is 0.500. The summed E-state index contributed by atoms with van der Waals surface area (Å²) in [5.41, 5.74) is -0.0959. The van der Waals surface area contributed by atoms with Crippen LogP contribution in [0.4, 0.5) is 0 Å². The number of fused-ring (bicyclic) bond motifs is 1. The van der Waals surface area contributed by atoms with Gasteiger partial charge in [-0.1, -0.05) is 30.3 Å². The smallest absolute Gasteiger partial charge is 0.226 e. The molecule has 1 N–H and O–H groups in total. The van der Waals surface area contributed by atoms with Gasteiger partial charge in [0.15, 0.2) is 0 Å². The Morgan fingerprint density at radius 1 is 1.24 bits per heavy atom. The molecule has 0 saturated carbocycles. The summed E-state index contributed by atoms with van der Waals surface area (Å²) in [6.07, 6.45) is 3.31. The summed E-state index contributed by atoms with van der Waals surface area (Å²) in [6.45, 7) is 0.804. The van der Waals surface area contributed by atoms with E-state index in [4.69, 9.17) is 0 Å². The Labute approximate surface area is 101 Å². The first-order chi connectivity index (χ1) is 8.22. The van der Waals surface area contributed by atoms with Crippen LogP contribution in [0.1, 0.15) is 31.2 Å². The zero-order valence-electron chi connectivity index (χ0n) is 9.80. The van der Waals surface area contributed by atoms with Gasteiger partial charge in [0, 0.05) is 6.54 Å². The second-order valence-corrected chi connectivity index (χ2v) is 5.07. The van der Waals surface area contributed by atoms with Crippen molar-refractivity contribution < 1.29 is 9.90 Å². The van der Waals surface area contributed by atoms with Crippen LogP contribution in [-0.4, -0.2) is 28.5 Å². The highest BCUT2D eigenvalue weighted by molar-refractivity contribution is 5.81. The molecule has 3 rings (SSSR count). The van der Waals surface area contributed by atoms with Crippen molar-refractivity contribution >= 4 is 5.91 Å². The molecule has 2 aliphatic heterocycles. The number of amides is 1. The normalized spacial score (nSPS) is 32.6. The van der Waals surface area contributed by atoms with E-state index in [1.807, 2.05) is 35.2 Å². The van der Waals surface area contributed by atoms with E-state index in [-0.39, 0.29) is 18.4 Å². The molecule has 0 aliphatic carbocycles. The SMILES string of the molecule is O=C1C[C@](O)(c2ccccc2)[C@@H]2CCCCN12. The molecule has 0 spiro atoms. The van der Waals surface area contributed by atoms with Gasteiger partial charge in [-0.2, -0.15) is 0 Å². The first kappa shape index (κ1) is 10.8. The van der Waals surface area contributed by atoms with Gasteiger partial charge in [-0.25, -0.2) is 0 Å². The molecule has 2 heterocycles. The minimum atomic E-state index is -0.973. The van der Waals surface area contributed by atoms with Crippen LogP contribution in [0.2, 0.25) is 0 Å². The largest absolute Gasteiger partial charge is 0.382 e. The van der Waals surface area contributed by atoms with E-state index < -0.39 is 5.60 Å². The van der Waals surface area contributed by atoms with Gasteiger partial charge in [0.1, 0.15) is 5.60 Å². The summed E-state index contributed by atoms with van der Waals surface area (Å²) in [5, 5.41) is 10.9. The second-order valence-electron chi connectivity index (χ2n) is 5.07. The lowest BCUT2D eigenvalue weighted by molar-refractivity contribution is -0.129. The summed E-state index contributed by atoms with van der Waals surface area (Å²) in [4.78, 5) is 13.8. The van der Waals surface area contributed by atoms with Crippen LogP contribution < -0.4 is 0 Å². The van der Waals surface area contributed by atoms with Crippen LogP contribution in [0.3, 0.4) is 0 Å². The lowest BCUT2D eigenvalue weighted by atomic mass is 9.83. The molecule has 0 radical (unpaired) electrons. The van der Waals surface area contributed by atoms with Crippen molar-refractivity contribution in [1.82, 2.24) is 4.90 Å². The number of nitrogens with zero attached hydrogens (tertiary/aromatic N) is 1. The Kier molecular flexibility index (Phi) is 2.44. The maximum absolute atomic E-state index is 12.0. The number of aliphatic hydroxyl groups is 1. The molecular formula is C14H17NO2. The molecule has 0 unspecified atom stereocenters. The van der Waals surface area contributed by atoms with Crippen molar-refractivity contribution in [2.24, 2.45) is 0 Å². The summed E-state index contributed by atoms with van der Waals surface area (Å²) in [6, 6.07) is 9.59. The van der Waals surface area contributed by atoms with E-state index >= 15 is 0 Å². The highest BCUT2D eigenvalue weighted by atomic mass is 16.3. The molecule has 2 aliphatic rings. The molecule has 0 aromatic heterocycles. The van der Waals surface area contributed by atoms with Crippen LogP contribution in [-0.2, 0) is 10.4 Å². The van der Waals surface area contributed by atoms with E-state index in [9.17, 15) is 9.90 Å². The number of carbonyl (C=O) groups is 1. The average molecular weight is 231 g/mol. The van der Waals surface area contributed by atoms with Gasteiger partial charge < -0.3 is 10.0 Å². The van der Waals surface area contributed by atoms with E-state index in [0.29, 0.717) is 0 Å². The number of benzene rings is 1. The third-order valence-corrected chi connectivity index (χ3v) is 4.07. The average Bonchev–Trinajstić information content (AvgIpc) is 2.65. The van der Waals surface area contributed by atoms with Gasteiger partial charge in [-0.15, -0.1) is 0 Å². The summed E-state index contributed by atoms with van der Waals surface area (Å²) < 4.78 is 0. The maximum Gasteiger partial charge on any atom is 0.226 e. The van der Waals surface area contributed by atoms with E-state index in [0.717, 1.165) is 31.4 Å². The Morgan fingerprint density at radius 3 is 2.76 bits per heavy atom. The number of rotatable bonds is 1. The van der Waals surface area contributed by atoms with E-state index in [2.05, 4.69) is 0 Å². The third-order valence-electron chi connectivity index (χ3n) is 4.07. The van der Waals surface area contributed by atoms with Gasteiger partial charge in [0.2, 0.25) is 5.91 Å². The molecule has 3 heteroatoms. The molecule has 17 heavy (non-hydrogen) atoms. The first-order valence-corrected chi connectivity index (χ1v) is 6.29. The summed E-state index contributed by atoms with van der Waals surface area (Å²) in [5.74, 6) is 0.0982. The Morgan fingerprint density at radius 2 is 2.00 bits per heavy atom. The highest BCUT2D eigenvalue weighted by Crippen LogP contribution is 2.42. The number of hydrogen-bond donors (Lipinski definition) is 1. The van der Waals surface area contributed by atoms with Crippen LogP contribution in [0.5, 0.6) is 0 Å². The topological polar surface area (TPSA) is 40.5 Å². The quantitative estimate of drug-likeness (QED) is 0.798. The fourth-order valence-corrected chi connectivity index (χ4v) is 3.20. The predicted octanol–water partition coefficient (Wildman–Crippen LogP) is 1.66. The van der Waals surface area contributed by atoms with Crippen molar-refractivity contribution in [2.45, 2.75) is 37.3 Å². The van der Waals surface area contributed by atoms with E-state index in [1.54, 1.807) is 0 Å². The molecule has 1 aromatic carbocycles. The summed E-state index contributed by atoms with van der Waals surface area (Å²) in [7, 11) is 0. The second kappa shape index (κ2) is 3.84. The molecule has 90 valence electrons. The minimum absolute atomic E-state index is 0.0221. The molecule has 2 saturated heterocycles. The molecule has 3 nitrogen and oxygen atoms in total. The van der Waals surface area contributed by atoms with Crippen molar-refractivity contribution in [3.63, 3.8) is 0 Å². The first-order valence-electron chi connectivity index (χ1n) is 6.29. The van der Waals surface area contributed by atoms with Gasteiger partial charge in [-0.3, -0.25) is 4.79 Å². The van der Waals surface area contributed by atoms with Gasteiger partial charge in [-0.05, 0) is 24.8 Å². The minimum Gasteiger partial charge on any atom is -0.382 e. The van der Waals surface area contributed by atoms with Crippen LogP contribution in [0.15, 0.2) is 30.3 Å². The van der Waals surface area contributed by atoms with Gasteiger partial charge in [0.25, 0.3) is 0 Å². The van der Waals surface area contributed by atoms with E-state index in [1.165, 1.54) is 0 Å². The van der Waals surface area contributed by atoms with Gasteiger partial charge >= 0.3 is 0 Å². The molecular weight excluding hydrogens is 214 g/mol. The third kappa shape index (κ3) is 1.57. The lowest BCUT2D eigenvalue weighted by Crippen LogP contribution is -2.45. The van der Waals surface area contributed by atoms with Crippen molar-refractivity contribution in [1.29, 1.82) is 0 Å². The molecule has 1 amide bonds. The lowest BCUT2D eigenvalue weighted by Gasteiger charge is -2.37. The molecule has 2 fully saturated rings. The monoisotopic (exact) mass is 231 g/mol. The van der Waals surface area contributed by atoms with Crippen molar-refractivity contribution in [3.8, 4) is 0 Å². The number of hydrogen-bond acceptors (Lipinski definition) is 2. The highest BCUT2D eigenvalue weighted by Gasteiger charge is 2.51. The molecule has 1 aromatic rings. The zero-order chi connectivity index (χ0) is 11.9. The Bertz CT molecular complexity index is 431. The maximum atomic E-state index is 12.0. The van der Waals surface area contributed by atoms with Crippen molar-refractivity contribution in [2.75, 3.05) is 6.54 Å². The van der Waals surface area contributed by atoms with Crippen LogP contribution in [0, 0.1) is 0 Å². The number of carbonyl (C=O) groups excluding carboxylic acids is 1. The number of piperidine rings is 1. The van der Waals surface area contributed by atoms with Gasteiger partial charge in [0.05, 0.1) is 12.5 Å².